The molecule has 1 aliphatic heterocycles. The lowest BCUT2D eigenvalue weighted by Gasteiger charge is -2.20. The zero-order chi connectivity index (χ0) is 20.1. The van der Waals surface area contributed by atoms with Gasteiger partial charge in [-0.25, -0.2) is 4.39 Å². The summed E-state index contributed by atoms with van der Waals surface area (Å²) < 4.78 is 20.0. The number of hydrogen-bond acceptors (Lipinski definition) is 7. The van der Waals surface area contributed by atoms with E-state index in [0.717, 1.165) is 16.2 Å². The van der Waals surface area contributed by atoms with Gasteiger partial charge in [-0.2, -0.15) is 0 Å². The Morgan fingerprint density at radius 2 is 1.93 bits per heavy atom. The zero-order valence-corrected chi connectivity index (χ0v) is 17.6. The molecular formula is C20H16FN3O2S3. The molecule has 0 radical (unpaired) electrons. The quantitative estimate of drug-likeness (QED) is 0.424. The van der Waals surface area contributed by atoms with Gasteiger partial charge in [-0.3, -0.25) is 10.1 Å². The Morgan fingerprint density at radius 1 is 1.14 bits per heavy atom. The molecule has 1 aliphatic rings. The summed E-state index contributed by atoms with van der Waals surface area (Å²) in [6, 6.07) is 16.3. The minimum Gasteiger partial charge on any atom is -0.486 e. The second-order valence-corrected chi connectivity index (χ2v) is 9.23. The first-order valence-electron chi connectivity index (χ1n) is 8.77. The average molecular weight is 446 g/mol. The number of anilines is 1. The molecule has 0 spiro atoms. The highest BCUT2D eigenvalue weighted by Crippen LogP contribution is 2.35. The molecule has 0 bridgehead atoms. The highest BCUT2D eigenvalue weighted by molar-refractivity contribution is 8.08. The fourth-order valence-corrected chi connectivity index (χ4v) is 5.31. The Balaban J connectivity index is 1.44. The van der Waals surface area contributed by atoms with Gasteiger partial charge in [-0.15, -0.1) is 22.0 Å². The number of nitrogens with zero attached hydrogens (tertiary/aromatic N) is 2. The molecule has 1 N–H and O–H groups in total. The maximum absolute atomic E-state index is 13.7. The molecule has 148 valence electrons. The normalized spacial score (nSPS) is 13.8. The number of thioether (sulfide) groups is 2. The van der Waals surface area contributed by atoms with Crippen molar-refractivity contribution in [2.24, 2.45) is 0 Å². The molecule has 0 atom stereocenters. The van der Waals surface area contributed by atoms with Gasteiger partial charge in [0.2, 0.25) is 5.13 Å². The van der Waals surface area contributed by atoms with Crippen LogP contribution in [0, 0.1) is 5.82 Å². The molecule has 0 unspecified atom stereocenters. The van der Waals surface area contributed by atoms with Crippen molar-refractivity contribution in [2.75, 3.05) is 17.7 Å². The topological polar surface area (TPSA) is 64.1 Å². The maximum atomic E-state index is 13.7. The molecule has 0 fully saturated rings. The van der Waals surface area contributed by atoms with Crippen molar-refractivity contribution in [1.29, 1.82) is 0 Å². The number of halogens is 1. The Kier molecular flexibility index (Phi) is 6.48. The molecule has 2 heterocycles. The number of aromatic nitrogens is 2. The summed E-state index contributed by atoms with van der Waals surface area (Å²) >= 11 is 4.22. The second-order valence-electron chi connectivity index (χ2n) is 5.93. The van der Waals surface area contributed by atoms with Crippen LogP contribution in [0.15, 0.2) is 64.7 Å². The van der Waals surface area contributed by atoms with Crippen LogP contribution in [0.3, 0.4) is 0 Å². The van der Waals surface area contributed by atoms with Crippen molar-refractivity contribution in [2.45, 2.75) is 10.1 Å². The Labute approximate surface area is 179 Å². The van der Waals surface area contributed by atoms with Gasteiger partial charge < -0.3 is 4.74 Å². The van der Waals surface area contributed by atoms with E-state index in [1.807, 2.05) is 30.3 Å². The number of carbonyl (C=O) groups is 1. The number of benzene rings is 2. The summed E-state index contributed by atoms with van der Waals surface area (Å²) in [7, 11) is 0. The summed E-state index contributed by atoms with van der Waals surface area (Å²) in [6.07, 6.45) is 0. The van der Waals surface area contributed by atoms with Crippen molar-refractivity contribution in [3.63, 3.8) is 0 Å². The predicted octanol–water partition coefficient (Wildman–Crippen LogP) is 5.04. The van der Waals surface area contributed by atoms with Crippen LogP contribution in [0.5, 0.6) is 0 Å². The summed E-state index contributed by atoms with van der Waals surface area (Å²) in [5.74, 6) is 0.932. The molecule has 3 aromatic rings. The third kappa shape index (κ3) is 4.98. The van der Waals surface area contributed by atoms with Gasteiger partial charge in [0.25, 0.3) is 5.91 Å². The fourth-order valence-electron chi connectivity index (χ4n) is 2.62. The van der Waals surface area contributed by atoms with E-state index < -0.39 is 0 Å². The van der Waals surface area contributed by atoms with Crippen LogP contribution >= 0.6 is 34.9 Å². The maximum Gasteiger partial charge on any atom is 0.293 e. The van der Waals surface area contributed by atoms with Gasteiger partial charge in [0.1, 0.15) is 5.82 Å². The van der Waals surface area contributed by atoms with Gasteiger partial charge in [-0.05, 0) is 17.2 Å². The summed E-state index contributed by atoms with van der Waals surface area (Å²) in [5, 5.41) is 11.2. The van der Waals surface area contributed by atoms with Crippen molar-refractivity contribution < 1.29 is 13.9 Å². The molecule has 0 saturated carbocycles. The van der Waals surface area contributed by atoms with Crippen molar-refractivity contribution in [3.05, 3.63) is 77.3 Å². The lowest BCUT2D eigenvalue weighted by atomic mass is 10.2. The van der Waals surface area contributed by atoms with Crippen LogP contribution in [0.2, 0.25) is 0 Å². The van der Waals surface area contributed by atoms with E-state index in [2.05, 4.69) is 15.5 Å². The summed E-state index contributed by atoms with van der Waals surface area (Å²) in [5.41, 5.74) is 1.55. The zero-order valence-electron chi connectivity index (χ0n) is 15.1. The lowest BCUT2D eigenvalue weighted by molar-refractivity contribution is -0.115. The Hall–Kier alpha value is -2.36. The van der Waals surface area contributed by atoms with Crippen LogP contribution in [-0.4, -0.2) is 28.5 Å². The van der Waals surface area contributed by atoms with E-state index in [1.165, 1.54) is 29.2 Å². The van der Waals surface area contributed by atoms with Gasteiger partial charge in [0.15, 0.2) is 10.1 Å². The molecule has 9 heteroatoms. The van der Waals surface area contributed by atoms with E-state index in [-0.39, 0.29) is 11.7 Å². The first-order valence-corrected chi connectivity index (χ1v) is 11.6. The highest BCUT2D eigenvalue weighted by Gasteiger charge is 2.24. The lowest BCUT2D eigenvalue weighted by Crippen LogP contribution is -2.21. The first kappa shape index (κ1) is 19.9. The van der Waals surface area contributed by atoms with Crippen LogP contribution in [0.4, 0.5) is 9.52 Å². The van der Waals surface area contributed by atoms with Gasteiger partial charge in [-0.1, -0.05) is 71.6 Å². The fraction of sp³-hybridized carbons (Fsp3) is 0.150. The average Bonchev–Trinajstić information content (AvgIpc) is 3.21. The largest absolute Gasteiger partial charge is 0.486 e. The van der Waals surface area contributed by atoms with Gasteiger partial charge in [0, 0.05) is 11.5 Å². The molecule has 1 aromatic heterocycles. The van der Waals surface area contributed by atoms with E-state index in [1.54, 1.807) is 30.0 Å². The smallest absolute Gasteiger partial charge is 0.293 e. The first-order chi connectivity index (χ1) is 14.2. The Bertz CT molecular complexity index is 1040. The molecule has 4 rings (SSSR count). The second kappa shape index (κ2) is 9.43. The van der Waals surface area contributed by atoms with Crippen LogP contribution < -0.4 is 5.32 Å². The molecule has 5 nitrogen and oxygen atoms in total. The number of rotatable bonds is 6. The van der Waals surface area contributed by atoms with Gasteiger partial charge in [0.05, 0.1) is 11.5 Å². The third-order valence-corrected chi connectivity index (χ3v) is 7.06. The van der Waals surface area contributed by atoms with E-state index in [4.69, 9.17) is 4.74 Å². The van der Waals surface area contributed by atoms with Crippen LogP contribution in [-0.2, 0) is 15.3 Å². The summed E-state index contributed by atoms with van der Waals surface area (Å²) in [6.45, 7) is 0.476. The standard InChI is InChI=1S/C20H16FN3O2S3/c21-15-9-5-4-8-14(15)12-28-20-24-23-19(29-20)22-18(25)16-17(27-11-10-26-16)13-6-2-1-3-7-13/h1-9H,10-12H2,(H,22,23,25). The molecule has 1 amide bonds. The molecular weight excluding hydrogens is 429 g/mol. The van der Waals surface area contributed by atoms with E-state index >= 15 is 0 Å². The van der Waals surface area contributed by atoms with E-state index in [9.17, 15) is 9.18 Å². The third-order valence-electron chi connectivity index (χ3n) is 3.96. The summed E-state index contributed by atoms with van der Waals surface area (Å²) in [4.78, 5) is 13.6. The van der Waals surface area contributed by atoms with Crippen LogP contribution in [0.1, 0.15) is 11.1 Å². The van der Waals surface area contributed by atoms with Crippen LogP contribution in [0.25, 0.3) is 4.91 Å². The highest BCUT2D eigenvalue weighted by atomic mass is 32.2. The predicted molar refractivity (Wildman–Crippen MR) is 116 cm³/mol. The number of amides is 1. The van der Waals surface area contributed by atoms with E-state index in [0.29, 0.717) is 33.2 Å². The number of nitrogens with one attached hydrogen (secondary N) is 1. The van der Waals surface area contributed by atoms with Crippen molar-refractivity contribution in [1.82, 2.24) is 10.2 Å². The van der Waals surface area contributed by atoms with Gasteiger partial charge >= 0.3 is 0 Å². The number of hydrogen-bond donors (Lipinski definition) is 1. The monoisotopic (exact) mass is 445 g/mol. The minimum atomic E-state index is -0.349. The molecule has 29 heavy (non-hydrogen) atoms. The van der Waals surface area contributed by atoms with Crippen molar-refractivity contribution in [3.8, 4) is 0 Å². The number of carbonyl (C=O) groups excluding carboxylic acids is 1. The minimum absolute atomic E-state index is 0.245. The molecule has 0 saturated heterocycles. The molecule has 0 aliphatic carbocycles. The van der Waals surface area contributed by atoms with Crippen molar-refractivity contribution >= 4 is 50.8 Å². The molecule has 2 aromatic carbocycles. The number of ether oxygens (including phenoxy) is 1. The Morgan fingerprint density at radius 3 is 2.76 bits per heavy atom. The SMILES string of the molecule is O=C(Nc1nnc(SCc2ccccc2F)s1)C1=C(c2ccccc2)SCCO1.